The van der Waals surface area contributed by atoms with Crippen molar-refractivity contribution in [1.29, 1.82) is 5.41 Å². The molecule has 3 N–H and O–H groups in total. The Morgan fingerprint density at radius 3 is 2.92 bits per heavy atom. The van der Waals surface area contributed by atoms with E-state index >= 15 is 0 Å². The van der Waals surface area contributed by atoms with Gasteiger partial charge < -0.3 is 5.73 Å². The lowest BCUT2D eigenvalue weighted by atomic mass is 11.4. The zero-order valence-electron chi connectivity index (χ0n) is 6.10. The molecular formula is C4H6N4S4. The summed E-state index contributed by atoms with van der Waals surface area (Å²) in [7, 11) is 0. The Morgan fingerprint density at radius 2 is 2.50 bits per heavy atom. The van der Waals surface area contributed by atoms with Gasteiger partial charge in [-0.2, -0.15) is 4.09 Å². The van der Waals surface area contributed by atoms with Crippen LogP contribution in [0.5, 0.6) is 0 Å². The Balaban J connectivity index is 2.92. The highest BCUT2D eigenvalue weighted by molar-refractivity contribution is 8.12. The first-order chi connectivity index (χ1) is 5.63. The van der Waals surface area contributed by atoms with E-state index in [1.807, 2.05) is 6.26 Å². The molecule has 0 amide bonds. The van der Waals surface area contributed by atoms with Crippen molar-refractivity contribution in [3.63, 3.8) is 0 Å². The van der Waals surface area contributed by atoms with Crippen molar-refractivity contribution in [2.45, 2.75) is 4.34 Å². The van der Waals surface area contributed by atoms with Crippen molar-refractivity contribution in [3.05, 3.63) is 3.95 Å². The molecule has 0 fully saturated rings. The molecule has 1 aromatic rings. The molecule has 1 rings (SSSR count). The zero-order valence-corrected chi connectivity index (χ0v) is 9.37. The molecular weight excluding hydrogens is 232 g/mol. The van der Waals surface area contributed by atoms with Crippen LogP contribution >= 0.6 is 47.3 Å². The van der Waals surface area contributed by atoms with Crippen LogP contribution in [0, 0.1) is 9.36 Å². The van der Waals surface area contributed by atoms with Gasteiger partial charge in [0.15, 0.2) is 13.5 Å². The summed E-state index contributed by atoms with van der Waals surface area (Å²) in [6, 6.07) is 0. The van der Waals surface area contributed by atoms with Crippen LogP contribution in [0.3, 0.4) is 0 Å². The monoisotopic (exact) mass is 238 g/mol. The van der Waals surface area contributed by atoms with E-state index < -0.39 is 0 Å². The van der Waals surface area contributed by atoms with E-state index in [0.717, 1.165) is 16.3 Å². The average molecular weight is 238 g/mol. The molecule has 0 saturated carbocycles. The third-order valence-electron chi connectivity index (χ3n) is 0.863. The van der Waals surface area contributed by atoms with Gasteiger partial charge in [-0.25, -0.2) is 0 Å². The third kappa shape index (κ3) is 2.47. The van der Waals surface area contributed by atoms with Crippen LogP contribution in [0.25, 0.3) is 0 Å². The quantitative estimate of drug-likeness (QED) is 0.356. The molecule has 0 aliphatic heterocycles. The predicted molar refractivity (Wildman–Crippen MR) is 57.6 cm³/mol. The molecule has 12 heavy (non-hydrogen) atoms. The van der Waals surface area contributed by atoms with Crippen LogP contribution in [0.4, 0.5) is 0 Å². The maximum Gasteiger partial charge on any atom is 0.192 e. The predicted octanol–water partition coefficient (Wildman–Crippen LogP) is 1.79. The van der Waals surface area contributed by atoms with E-state index in [9.17, 15) is 0 Å². The van der Waals surface area contributed by atoms with Crippen molar-refractivity contribution >= 4 is 52.4 Å². The fraction of sp³-hybridized carbons (Fsp3) is 0.250. The number of nitrogens with two attached hydrogens (primary N) is 1. The maximum atomic E-state index is 7.03. The van der Waals surface area contributed by atoms with Gasteiger partial charge in [-0.05, 0) is 18.5 Å². The van der Waals surface area contributed by atoms with Crippen molar-refractivity contribution in [2.75, 3.05) is 6.26 Å². The van der Waals surface area contributed by atoms with Gasteiger partial charge in [-0.15, -0.1) is 5.10 Å². The van der Waals surface area contributed by atoms with Gasteiger partial charge in [0.25, 0.3) is 0 Å². The molecule has 1 aromatic heterocycles. The van der Waals surface area contributed by atoms with Gasteiger partial charge in [0, 0.05) is 0 Å². The van der Waals surface area contributed by atoms with Crippen molar-refractivity contribution < 1.29 is 0 Å². The largest absolute Gasteiger partial charge is 0.377 e. The van der Waals surface area contributed by atoms with E-state index in [2.05, 4.69) is 5.10 Å². The SMILES string of the molecule is CSc1nn(SC(=N)N)c(=S)s1. The number of nitrogens with zero attached hydrogens (tertiary/aromatic N) is 2. The van der Waals surface area contributed by atoms with E-state index in [1.165, 1.54) is 27.2 Å². The third-order valence-corrected chi connectivity index (χ3v) is 3.94. The molecule has 0 atom stereocenters. The summed E-state index contributed by atoms with van der Waals surface area (Å²) in [4.78, 5) is 0. The lowest BCUT2D eigenvalue weighted by Crippen LogP contribution is -2.07. The molecule has 0 saturated heterocycles. The van der Waals surface area contributed by atoms with Gasteiger partial charge in [-0.3, -0.25) is 5.41 Å². The standard InChI is InChI=1S/C4H6N4S4/c1-10-3-7-8(4(9)11-3)12-2(5)6/h1H3,(H3,5,6). The number of nitrogens with one attached hydrogen (secondary N) is 1. The first kappa shape index (κ1) is 10.0. The Labute approximate surface area is 87.2 Å². The Bertz CT molecular complexity index is 339. The number of rotatable bonds is 2. The zero-order chi connectivity index (χ0) is 9.14. The molecule has 0 aliphatic carbocycles. The molecule has 66 valence electrons. The molecule has 0 aromatic carbocycles. The van der Waals surface area contributed by atoms with E-state index in [-0.39, 0.29) is 5.17 Å². The number of hydrogen-bond donors (Lipinski definition) is 2. The van der Waals surface area contributed by atoms with Crippen molar-refractivity contribution in [3.8, 4) is 0 Å². The Hall–Kier alpha value is -0.0500. The summed E-state index contributed by atoms with van der Waals surface area (Å²) in [5, 5.41) is 11.1. The highest BCUT2D eigenvalue weighted by Crippen LogP contribution is 2.21. The fourth-order valence-corrected chi connectivity index (χ4v) is 2.86. The fourth-order valence-electron chi connectivity index (χ4n) is 0.482. The van der Waals surface area contributed by atoms with Crippen LogP contribution < -0.4 is 5.73 Å². The molecule has 0 aliphatic rings. The molecule has 4 nitrogen and oxygen atoms in total. The second kappa shape index (κ2) is 4.26. The van der Waals surface area contributed by atoms with E-state index in [4.69, 9.17) is 23.4 Å². The second-order valence-electron chi connectivity index (χ2n) is 1.67. The van der Waals surface area contributed by atoms with E-state index in [0.29, 0.717) is 3.95 Å². The molecule has 1 heterocycles. The summed E-state index contributed by atoms with van der Waals surface area (Å²) in [6.07, 6.45) is 1.93. The summed E-state index contributed by atoms with van der Waals surface area (Å²) in [5.41, 5.74) is 5.18. The van der Waals surface area contributed by atoms with Crippen molar-refractivity contribution in [2.24, 2.45) is 5.73 Å². The number of hydrogen-bond acceptors (Lipinski definition) is 6. The summed E-state index contributed by atoms with van der Waals surface area (Å²) >= 11 is 8.95. The van der Waals surface area contributed by atoms with Gasteiger partial charge in [-0.1, -0.05) is 23.1 Å². The number of thioether (sulfide) groups is 1. The number of amidine groups is 1. The van der Waals surface area contributed by atoms with Crippen LogP contribution in [0.15, 0.2) is 4.34 Å². The first-order valence-electron chi connectivity index (χ1n) is 2.80. The van der Waals surface area contributed by atoms with Crippen molar-refractivity contribution in [1.82, 2.24) is 9.19 Å². The summed E-state index contributed by atoms with van der Waals surface area (Å²) in [5.74, 6) is 0. The van der Waals surface area contributed by atoms with Crippen LogP contribution in [-0.4, -0.2) is 20.6 Å². The van der Waals surface area contributed by atoms with Crippen LogP contribution in [0.2, 0.25) is 0 Å². The van der Waals surface area contributed by atoms with Gasteiger partial charge in [0.05, 0.1) is 11.9 Å². The summed E-state index contributed by atoms with van der Waals surface area (Å²) in [6.45, 7) is 0. The second-order valence-corrected chi connectivity index (χ2v) is 5.31. The van der Waals surface area contributed by atoms with Crippen LogP contribution in [0.1, 0.15) is 0 Å². The molecule has 0 bridgehead atoms. The Kier molecular flexibility index (Phi) is 3.56. The highest BCUT2D eigenvalue weighted by atomic mass is 32.2. The first-order valence-corrected chi connectivity index (χ1v) is 6.02. The normalized spacial score (nSPS) is 10.1. The minimum absolute atomic E-state index is 0.0101. The smallest absolute Gasteiger partial charge is 0.192 e. The number of aromatic nitrogens is 2. The average Bonchev–Trinajstić information content (AvgIpc) is 2.31. The van der Waals surface area contributed by atoms with Gasteiger partial charge >= 0.3 is 0 Å². The van der Waals surface area contributed by atoms with Crippen LogP contribution in [-0.2, 0) is 0 Å². The molecule has 0 unspecified atom stereocenters. The minimum atomic E-state index is -0.0101. The topological polar surface area (TPSA) is 67.7 Å². The minimum Gasteiger partial charge on any atom is -0.377 e. The van der Waals surface area contributed by atoms with Gasteiger partial charge in [0.1, 0.15) is 0 Å². The lowest BCUT2D eigenvalue weighted by Gasteiger charge is -1.93. The maximum absolute atomic E-state index is 7.03. The van der Waals surface area contributed by atoms with Gasteiger partial charge in [0.2, 0.25) is 0 Å². The molecule has 8 heteroatoms. The lowest BCUT2D eigenvalue weighted by molar-refractivity contribution is 0.943. The summed E-state index contributed by atoms with van der Waals surface area (Å²) < 4.78 is 2.99. The highest BCUT2D eigenvalue weighted by Gasteiger charge is 2.03. The molecule has 0 radical (unpaired) electrons. The molecule has 0 spiro atoms. The van der Waals surface area contributed by atoms with E-state index in [1.54, 1.807) is 0 Å². The Morgan fingerprint density at radius 1 is 1.83 bits per heavy atom.